The molecule has 49 heavy (non-hydrogen) atoms. The normalized spacial score (nSPS) is 11.3. The van der Waals surface area contributed by atoms with Gasteiger partial charge in [-0.15, -0.1) is 0 Å². The van der Waals surface area contributed by atoms with Gasteiger partial charge in [-0.25, -0.2) is 0 Å². The Balaban J connectivity index is 1.60. The molecular weight excluding hydrogens is 597 g/mol. The van der Waals surface area contributed by atoms with Crippen molar-refractivity contribution in [1.29, 1.82) is 0 Å². The zero-order valence-corrected chi connectivity index (χ0v) is 27.5. The number of ether oxygens (including phenoxy) is 1. The summed E-state index contributed by atoms with van der Waals surface area (Å²) in [7, 11) is 0. The van der Waals surface area contributed by atoms with E-state index in [2.05, 4.69) is 194 Å². The van der Waals surface area contributed by atoms with Crippen LogP contribution in [0, 0.1) is 0 Å². The van der Waals surface area contributed by atoms with Gasteiger partial charge in [0.05, 0.1) is 6.61 Å². The van der Waals surface area contributed by atoms with Crippen molar-refractivity contribution in [3.05, 3.63) is 244 Å². The number of rotatable bonds is 12. The lowest BCUT2D eigenvalue weighted by molar-refractivity contribution is 0.199. The highest BCUT2D eigenvalue weighted by Crippen LogP contribution is 2.47. The fourth-order valence-electron chi connectivity index (χ4n) is 7.16. The van der Waals surface area contributed by atoms with Gasteiger partial charge in [0.15, 0.2) is 0 Å². The second-order valence-corrected chi connectivity index (χ2v) is 12.4. The summed E-state index contributed by atoms with van der Waals surface area (Å²) >= 11 is 0. The molecule has 0 radical (unpaired) electrons. The lowest BCUT2D eigenvalue weighted by Crippen LogP contribution is -2.16. The molecular formula is C47H40O2. The molecule has 2 heteroatoms. The summed E-state index contributed by atoms with van der Waals surface area (Å²) in [4.78, 5) is 0. The quantitative estimate of drug-likeness (QED) is 0.135. The SMILES string of the molecule is OCCOc1c(C(c2ccccc2)c2ccccc2)cc(C(c2ccccc2)c2ccccc2)cc1C(c1ccccc1)c1ccccc1. The van der Waals surface area contributed by atoms with Crippen LogP contribution < -0.4 is 4.74 Å². The van der Waals surface area contributed by atoms with Crippen molar-refractivity contribution in [2.24, 2.45) is 0 Å². The van der Waals surface area contributed by atoms with Crippen LogP contribution in [0.5, 0.6) is 5.75 Å². The number of benzene rings is 7. The van der Waals surface area contributed by atoms with E-state index in [1.807, 2.05) is 0 Å². The molecule has 0 aliphatic rings. The standard InChI is InChI=1S/C47H40O2/c48-31-32-49-47-42(45(37-23-11-3-12-24-37)38-25-13-4-14-26-38)33-41(44(35-19-7-1-8-20-35)36-21-9-2-10-22-36)34-43(47)46(39-27-15-5-16-28-39)40-29-17-6-18-30-40/h1-30,33-34,44-46,48H,31-32H2. The van der Waals surface area contributed by atoms with Crippen molar-refractivity contribution in [2.45, 2.75) is 17.8 Å². The van der Waals surface area contributed by atoms with E-state index in [9.17, 15) is 5.11 Å². The smallest absolute Gasteiger partial charge is 0.127 e. The monoisotopic (exact) mass is 636 g/mol. The van der Waals surface area contributed by atoms with Crippen molar-refractivity contribution in [3.8, 4) is 5.75 Å². The first kappa shape index (κ1) is 31.9. The van der Waals surface area contributed by atoms with Crippen molar-refractivity contribution in [3.63, 3.8) is 0 Å². The first-order chi connectivity index (χ1) is 24.3. The molecule has 0 heterocycles. The molecule has 0 fully saturated rings. The molecule has 0 aliphatic heterocycles. The van der Waals surface area contributed by atoms with Crippen LogP contribution in [0.3, 0.4) is 0 Å². The van der Waals surface area contributed by atoms with Crippen LogP contribution >= 0.6 is 0 Å². The second kappa shape index (κ2) is 15.5. The Kier molecular flexibility index (Phi) is 10.1. The minimum absolute atomic E-state index is 0.0221. The van der Waals surface area contributed by atoms with Crippen LogP contribution in [-0.4, -0.2) is 18.3 Å². The Labute approximate surface area is 290 Å². The molecule has 240 valence electrons. The summed E-state index contributed by atoms with van der Waals surface area (Å²) in [6.07, 6.45) is 0. The van der Waals surface area contributed by atoms with Crippen LogP contribution in [-0.2, 0) is 0 Å². The maximum Gasteiger partial charge on any atom is 0.127 e. The third-order valence-corrected chi connectivity index (χ3v) is 9.26. The summed E-state index contributed by atoms with van der Waals surface area (Å²) in [5.41, 5.74) is 10.5. The Morgan fingerprint density at radius 1 is 0.347 bits per heavy atom. The van der Waals surface area contributed by atoms with Crippen molar-refractivity contribution in [2.75, 3.05) is 13.2 Å². The Bertz CT molecular complexity index is 1810. The van der Waals surface area contributed by atoms with Crippen LogP contribution in [0.2, 0.25) is 0 Å². The van der Waals surface area contributed by atoms with Gasteiger partial charge < -0.3 is 9.84 Å². The Morgan fingerprint density at radius 2 is 0.612 bits per heavy atom. The van der Waals surface area contributed by atoms with E-state index in [-0.39, 0.29) is 31.0 Å². The molecule has 0 unspecified atom stereocenters. The molecule has 7 rings (SSSR count). The molecule has 0 saturated carbocycles. The lowest BCUT2D eigenvalue weighted by Gasteiger charge is -2.30. The second-order valence-electron chi connectivity index (χ2n) is 12.4. The van der Waals surface area contributed by atoms with E-state index in [1.54, 1.807) is 0 Å². The molecule has 7 aromatic rings. The van der Waals surface area contributed by atoms with E-state index in [0.717, 1.165) is 16.9 Å². The zero-order chi connectivity index (χ0) is 33.3. The van der Waals surface area contributed by atoms with E-state index < -0.39 is 0 Å². The summed E-state index contributed by atoms with van der Waals surface area (Å²) in [6.45, 7) is 0.104. The Hall–Kier alpha value is -5.70. The van der Waals surface area contributed by atoms with Gasteiger partial charge in [0, 0.05) is 28.9 Å². The largest absolute Gasteiger partial charge is 0.491 e. The van der Waals surface area contributed by atoms with Gasteiger partial charge in [-0.05, 0) is 38.9 Å². The van der Waals surface area contributed by atoms with Gasteiger partial charge in [0.25, 0.3) is 0 Å². The van der Waals surface area contributed by atoms with Crippen LogP contribution in [0.25, 0.3) is 0 Å². The number of hydrogen-bond acceptors (Lipinski definition) is 2. The van der Waals surface area contributed by atoms with Crippen molar-refractivity contribution < 1.29 is 9.84 Å². The highest BCUT2D eigenvalue weighted by Gasteiger charge is 2.30. The van der Waals surface area contributed by atoms with E-state index >= 15 is 0 Å². The van der Waals surface area contributed by atoms with Gasteiger partial charge in [-0.3, -0.25) is 0 Å². The minimum atomic E-state index is -0.116. The molecule has 0 atom stereocenters. The molecule has 0 amide bonds. The molecule has 0 bridgehead atoms. The van der Waals surface area contributed by atoms with Crippen molar-refractivity contribution in [1.82, 2.24) is 0 Å². The number of hydrogen-bond donors (Lipinski definition) is 1. The van der Waals surface area contributed by atoms with Crippen LogP contribution in [0.15, 0.2) is 194 Å². The average molecular weight is 637 g/mol. The summed E-state index contributed by atoms with van der Waals surface area (Å²) in [5.74, 6) is 0.558. The minimum Gasteiger partial charge on any atom is -0.491 e. The summed E-state index contributed by atoms with van der Waals surface area (Å²) in [6, 6.07) is 69.1. The predicted octanol–water partition coefficient (Wildman–Crippen LogP) is 10.6. The molecule has 0 aliphatic carbocycles. The third-order valence-electron chi connectivity index (χ3n) is 9.26. The van der Waals surface area contributed by atoms with Gasteiger partial charge in [-0.1, -0.05) is 194 Å². The highest BCUT2D eigenvalue weighted by atomic mass is 16.5. The first-order valence-electron chi connectivity index (χ1n) is 17.0. The highest BCUT2D eigenvalue weighted by molar-refractivity contribution is 5.61. The molecule has 0 saturated heterocycles. The first-order valence-corrected chi connectivity index (χ1v) is 17.0. The molecule has 0 spiro atoms. The lowest BCUT2D eigenvalue weighted by atomic mass is 9.75. The fourth-order valence-corrected chi connectivity index (χ4v) is 7.16. The predicted molar refractivity (Wildman–Crippen MR) is 201 cm³/mol. The van der Waals surface area contributed by atoms with Gasteiger partial charge >= 0.3 is 0 Å². The zero-order valence-electron chi connectivity index (χ0n) is 27.5. The molecule has 0 aromatic heterocycles. The Morgan fingerprint density at radius 3 is 0.878 bits per heavy atom. The van der Waals surface area contributed by atoms with E-state index in [0.29, 0.717) is 0 Å². The van der Waals surface area contributed by atoms with Gasteiger partial charge in [0.1, 0.15) is 12.4 Å². The summed E-state index contributed by atoms with van der Waals surface area (Å²) in [5, 5.41) is 10.2. The maximum atomic E-state index is 10.2. The third kappa shape index (κ3) is 7.11. The van der Waals surface area contributed by atoms with Gasteiger partial charge in [0.2, 0.25) is 0 Å². The maximum absolute atomic E-state index is 10.2. The van der Waals surface area contributed by atoms with Crippen molar-refractivity contribution >= 4 is 0 Å². The van der Waals surface area contributed by atoms with E-state index in [1.165, 1.54) is 38.9 Å². The molecule has 7 aromatic carbocycles. The fraction of sp³-hybridized carbons (Fsp3) is 0.106. The van der Waals surface area contributed by atoms with Gasteiger partial charge in [-0.2, -0.15) is 0 Å². The topological polar surface area (TPSA) is 29.5 Å². The summed E-state index contributed by atoms with van der Waals surface area (Å²) < 4.78 is 6.76. The number of aliphatic hydroxyl groups is 1. The molecule has 1 N–H and O–H groups in total. The van der Waals surface area contributed by atoms with Crippen LogP contribution in [0.4, 0.5) is 0 Å². The van der Waals surface area contributed by atoms with E-state index in [4.69, 9.17) is 4.74 Å². The average Bonchev–Trinajstić information content (AvgIpc) is 3.17. The van der Waals surface area contributed by atoms with Crippen LogP contribution in [0.1, 0.15) is 67.8 Å². The number of aliphatic hydroxyl groups excluding tert-OH is 1. The molecule has 2 nitrogen and oxygen atoms in total.